The van der Waals surface area contributed by atoms with E-state index < -0.39 is 0 Å². The molecule has 14 heavy (non-hydrogen) atoms. The second-order valence-electron chi connectivity index (χ2n) is 5.02. The highest BCUT2D eigenvalue weighted by atomic mass is 15.2. The highest BCUT2D eigenvalue weighted by Crippen LogP contribution is 2.30. The lowest BCUT2D eigenvalue weighted by molar-refractivity contribution is 0.0741. The van der Waals surface area contributed by atoms with Gasteiger partial charge in [-0.15, -0.1) is 0 Å². The van der Waals surface area contributed by atoms with E-state index in [2.05, 4.69) is 4.90 Å². The number of rotatable bonds is 4. The van der Waals surface area contributed by atoms with Gasteiger partial charge in [-0.25, -0.2) is 0 Å². The van der Waals surface area contributed by atoms with Crippen LogP contribution in [-0.4, -0.2) is 30.6 Å². The van der Waals surface area contributed by atoms with Crippen molar-refractivity contribution in [2.24, 2.45) is 11.7 Å². The third-order valence-electron chi connectivity index (χ3n) is 3.96. The molecule has 0 radical (unpaired) electrons. The first-order valence-corrected chi connectivity index (χ1v) is 6.34. The minimum absolute atomic E-state index is 0.875. The van der Waals surface area contributed by atoms with E-state index in [0.717, 1.165) is 18.5 Å². The number of hydrogen-bond donors (Lipinski definition) is 1. The van der Waals surface area contributed by atoms with E-state index in [9.17, 15) is 0 Å². The van der Waals surface area contributed by atoms with E-state index in [0.29, 0.717) is 0 Å². The van der Waals surface area contributed by atoms with E-state index in [4.69, 9.17) is 5.73 Å². The van der Waals surface area contributed by atoms with Gasteiger partial charge in [0, 0.05) is 12.6 Å². The molecule has 1 heterocycles. The number of piperidine rings is 1. The van der Waals surface area contributed by atoms with Gasteiger partial charge in [-0.1, -0.05) is 6.42 Å². The van der Waals surface area contributed by atoms with Crippen LogP contribution in [0.3, 0.4) is 0 Å². The van der Waals surface area contributed by atoms with Crippen molar-refractivity contribution in [1.82, 2.24) is 4.90 Å². The molecule has 2 rings (SSSR count). The largest absolute Gasteiger partial charge is 0.330 e. The van der Waals surface area contributed by atoms with Crippen LogP contribution in [0, 0.1) is 5.92 Å². The third-order valence-corrected chi connectivity index (χ3v) is 3.96. The lowest BCUT2D eigenvalue weighted by atomic mass is 9.86. The Morgan fingerprint density at radius 1 is 1.14 bits per heavy atom. The van der Waals surface area contributed by atoms with Crippen LogP contribution in [-0.2, 0) is 0 Å². The molecule has 2 N–H and O–H groups in total. The van der Waals surface area contributed by atoms with E-state index in [1.54, 1.807) is 0 Å². The minimum atomic E-state index is 0.875. The summed E-state index contributed by atoms with van der Waals surface area (Å²) in [5.41, 5.74) is 5.56. The molecule has 0 spiro atoms. The highest BCUT2D eigenvalue weighted by molar-refractivity contribution is 4.84. The summed E-state index contributed by atoms with van der Waals surface area (Å²) in [6.07, 6.45) is 9.85. The highest BCUT2D eigenvalue weighted by Gasteiger charge is 2.28. The Bertz CT molecular complexity index is 166. The summed E-state index contributed by atoms with van der Waals surface area (Å²) < 4.78 is 0. The van der Waals surface area contributed by atoms with Gasteiger partial charge in [0.15, 0.2) is 0 Å². The zero-order valence-corrected chi connectivity index (χ0v) is 9.25. The quantitative estimate of drug-likeness (QED) is 0.745. The smallest absolute Gasteiger partial charge is 0.00953 e. The summed E-state index contributed by atoms with van der Waals surface area (Å²) in [4.78, 5) is 2.74. The van der Waals surface area contributed by atoms with E-state index in [-0.39, 0.29) is 0 Å². The van der Waals surface area contributed by atoms with Crippen LogP contribution in [0.5, 0.6) is 0 Å². The first kappa shape index (κ1) is 10.4. The molecule has 0 aromatic carbocycles. The van der Waals surface area contributed by atoms with Crippen molar-refractivity contribution >= 4 is 0 Å². The average molecular weight is 196 g/mol. The summed E-state index contributed by atoms with van der Waals surface area (Å²) in [5.74, 6) is 0.952. The zero-order chi connectivity index (χ0) is 9.80. The molecule has 1 aliphatic carbocycles. The Hall–Kier alpha value is -0.0800. The summed E-state index contributed by atoms with van der Waals surface area (Å²) >= 11 is 0. The summed E-state index contributed by atoms with van der Waals surface area (Å²) in [6.45, 7) is 3.61. The van der Waals surface area contributed by atoms with Crippen LogP contribution in [0.4, 0.5) is 0 Å². The molecule has 2 nitrogen and oxygen atoms in total. The van der Waals surface area contributed by atoms with Crippen molar-refractivity contribution in [2.45, 2.75) is 51.0 Å². The predicted molar refractivity (Wildman–Crippen MR) is 60.2 cm³/mol. The first-order chi connectivity index (χ1) is 6.90. The molecule has 0 aromatic rings. The van der Waals surface area contributed by atoms with Crippen LogP contribution in [0.15, 0.2) is 0 Å². The summed E-state index contributed by atoms with van der Waals surface area (Å²) in [6, 6.07) is 0.954. The molecular weight excluding hydrogens is 172 g/mol. The standard InChI is InChI=1S/C12H24N2/c13-8-2-4-11-5-3-9-14(10-11)12-6-1-7-12/h11-12H,1-10,13H2. The van der Waals surface area contributed by atoms with Gasteiger partial charge in [0.1, 0.15) is 0 Å². The molecule has 0 aromatic heterocycles. The van der Waals surface area contributed by atoms with Crippen molar-refractivity contribution < 1.29 is 0 Å². The van der Waals surface area contributed by atoms with Crippen molar-refractivity contribution in [1.29, 1.82) is 0 Å². The molecule has 1 atom stereocenters. The normalized spacial score (nSPS) is 30.2. The maximum atomic E-state index is 5.56. The second-order valence-corrected chi connectivity index (χ2v) is 5.02. The molecule has 1 saturated heterocycles. The first-order valence-electron chi connectivity index (χ1n) is 6.34. The van der Waals surface area contributed by atoms with Crippen LogP contribution >= 0.6 is 0 Å². The van der Waals surface area contributed by atoms with E-state index in [1.165, 1.54) is 58.0 Å². The number of nitrogens with zero attached hydrogens (tertiary/aromatic N) is 1. The lowest BCUT2D eigenvalue weighted by Gasteiger charge is -2.42. The van der Waals surface area contributed by atoms with E-state index in [1.807, 2.05) is 0 Å². The predicted octanol–water partition coefficient (Wildman–Crippen LogP) is 1.99. The number of likely N-dealkylation sites (tertiary alicyclic amines) is 1. The molecule has 2 fully saturated rings. The van der Waals surface area contributed by atoms with Crippen molar-refractivity contribution in [3.05, 3.63) is 0 Å². The molecule has 1 unspecified atom stereocenters. The second kappa shape index (κ2) is 5.13. The molecule has 2 heteroatoms. The topological polar surface area (TPSA) is 29.3 Å². The van der Waals surface area contributed by atoms with Crippen molar-refractivity contribution in [2.75, 3.05) is 19.6 Å². The summed E-state index contributed by atoms with van der Waals surface area (Å²) in [7, 11) is 0. The van der Waals surface area contributed by atoms with Gasteiger partial charge in [0.25, 0.3) is 0 Å². The fourth-order valence-corrected chi connectivity index (χ4v) is 2.82. The monoisotopic (exact) mass is 196 g/mol. The van der Waals surface area contributed by atoms with Crippen molar-refractivity contribution in [3.63, 3.8) is 0 Å². The molecular formula is C12H24N2. The summed E-state index contributed by atoms with van der Waals surface area (Å²) in [5, 5.41) is 0. The molecule has 1 aliphatic heterocycles. The third kappa shape index (κ3) is 2.48. The van der Waals surface area contributed by atoms with E-state index >= 15 is 0 Å². The Labute approximate surface area is 87.8 Å². The van der Waals surface area contributed by atoms with Gasteiger partial charge in [0.2, 0.25) is 0 Å². The number of nitrogens with two attached hydrogens (primary N) is 1. The maximum Gasteiger partial charge on any atom is 0.00953 e. The zero-order valence-electron chi connectivity index (χ0n) is 9.25. The van der Waals surface area contributed by atoms with Gasteiger partial charge in [-0.2, -0.15) is 0 Å². The molecule has 1 saturated carbocycles. The van der Waals surface area contributed by atoms with Crippen LogP contribution in [0.2, 0.25) is 0 Å². The Morgan fingerprint density at radius 2 is 2.00 bits per heavy atom. The van der Waals surface area contributed by atoms with Gasteiger partial charge < -0.3 is 10.6 Å². The SMILES string of the molecule is NCCCC1CCCN(C2CCC2)C1. The van der Waals surface area contributed by atoms with Crippen LogP contribution in [0.1, 0.15) is 44.9 Å². The van der Waals surface area contributed by atoms with Gasteiger partial charge >= 0.3 is 0 Å². The maximum absolute atomic E-state index is 5.56. The van der Waals surface area contributed by atoms with Gasteiger partial charge in [0.05, 0.1) is 0 Å². The Balaban J connectivity index is 1.72. The van der Waals surface area contributed by atoms with Crippen LogP contribution in [0.25, 0.3) is 0 Å². The van der Waals surface area contributed by atoms with Gasteiger partial charge in [-0.05, 0) is 57.5 Å². The molecule has 82 valence electrons. The minimum Gasteiger partial charge on any atom is -0.330 e. The van der Waals surface area contributed by atoms with Crippen LogP contribution < -0.4 is 5.73 Å². The number of hydrogen-bond acceptors (Lipinski definition) is 2. The average Bonchev–Trinajstić information content (AvgIpc) is 2.13. The molecule has 0 amide bonds. The molecule has 0 bridgehead atoms. The lowest BCUT2D eigenvalue weighted by Crippen LogP contribution is -2.45. The van der Waals surface area contributed by atoms with Gasteiger partial charge in [-0.3, -0.25) is 0 Å². The fourth-order valence-electron chi connectivity index (χ4n) is 2.82. The Morgan fingerprint density at radius 3 is 2.64 bits per heavy atom. The molecule has 2 aliphatic rings. The van der Waals surface area contributed by atoms with Crippen molar-refractivity contribution in [3.8, 4) is 0 Å². The Kier molecular flexibility index (Phi) is 3.82. The fraction of sp³-hybridized carbons (Fsp3) is 1.00.